The Bertz CT molecular complexity index is 273. The molecule has 1 aliphatic heterocycles. The zero-order chi connectivity index (χ0) is 11.3. The van der Waals surface area contributed by atoms with Gasteiger partial charge in [-0.1, -0.05) is 0 Å². The van der Waals surface area contributed by atoms with Crippen LogP contribution >= 0.6 is 11.6 Å². The standard InChI is InChI=1S/C9H18ClNO3S/c1-14-8-9-2-5-11(6-3-9)15(12,13)7-4-10/h9H,2-8H2,1H3. The first-order chi connectivity index (χ1) is 7.10. The van der Waals surface area contributed by atoms with E-state index in [1.807, 2.05) is 0 Å². The molecule has 1 rings (SSSR count). The normalized spacial score (nSPS) is 20.7. The third-order valence-electron chi connectivity index (χ3n) is 2.70. The van der Waals surface area contributed by atoms with Crippen LogP contribution in [0.5, 0.6) is 0 Å². The Kier molecular flexibility index (Phi) is 5.32. The van der Waals surface area contributed by atoms with Crippen molar-refractivity contribution in [3.63, 3.8) is 0 Å². The zero-order valence-corrected chi connectivity index (χ0v) is 10.6. The number of sulfonamides is 1. The van der Waals surface area contributed by atoms with Crippen LogP contribution in [0.4, 0.5) is 0 Å². The Hall–Kier alpha value is 0.160. The summed E-state index contributed by atoms with van der Waals surface area (Å²) in [4.78, 5) is 0. The molecule has 1 aliphatic rings. The van der Waals surface area contributed by atoms with Crippen LogP contribution in [0, 0.1) is 5.92 Å². The molecule has 0 radical (unpaired) electrons. The number of ether oxygens (including phenoxy) is 1. The van der Waals surface area contributed by atoms with Gasteiger partial charge in [0.2, 0.25) is 10.0 Å². The van der Waals surface area contributed by atoms with Gasteiger partial charge in [0.25, 0.3) is 0 Å². The molecule has 0 aromatic carbocycles. The minimum absolute atomic E-state index is 0.0451. The van der Waals surface area contributed by atoms with Crippen LogP contribution in [0.2, 0.25) is 0 Å². The van der Waals surface area contributed by atoms with Gasteiger partial charge in [-0.3, -0.25) is 0 Å². The van der Waals surface area contributed by atoms with Crippen LogP contribution < -0.4 is 0 Å². The molecule has 0 aromatic rings. The molecule has 90 valence electrons. The number of hydrogen-bond donors (Lipinski definition) is 0. The molecule has 1 heterocycles. The van der Waals surface area contributed by atoms with Crippen molar-refractivity contribution in [2.24, 2.45) is 5.92 Å². The molecule has 0 amide bonds. The van der Waals surface area contributed by atoms with E-state index in [4.69, 9.17) is 16.3 Å². The molecule has 0 spiro atoms. The number of halogens is 1. The van der Waals surface area contributed by atoms with Gasteiger partial charge in [-0.25, -0.2) is 12.7 Å². The second-order valence-electron chi connectivity index (χ2n) is 3.80. The summed E-state index contributed by atoms with van der Waals surface area (Å²) in [5, 5.41) is 0. The van der Waals surface area contributed by atoms with Crippen molar-refractivity contribution in [1.82, 2.24) is 4.31 Å². The molecular formula is C9H18ClNO3S. The maximum absolute atomic E-state index is 11.7. The van der Waals surface area contributed by atoms with Crippen LogP contribution in [0.15, 0.2) is 0 Å². The highest BCUT2D eigenvalue weighted by Crippen LogP contribution is 2.19. The van der Waals surface area contributed by atoms with Gasteiger partial charge in [0, 0.05) is 32.7 Å². The highest BCUT2D eigenvalue weighted by atomic mass is 35.5. The molecule has 1 fully saturated rings. The van der Waals surface area contributed by atoms with Crippen LogP contribution in [0.3, 0.4) is 0 Å². The van der Waals surface area contributed by atoms with Crippen LogP contribution in [-0.4, -0.2) is 51.2 Å². The minimum atomic E-state index is -3.11. The second kappa shape index (κ2) is 6.03. The first kappa shape index (κ1) is 13.2. The lowest BCUT2D eigenvalue weighted by Crippen LogP contribution is -2.40. The van der Waals surface area contributed by atoms with E-state index < -0.39 is 10.0 Å². The van der Waals surface area contributed by atoms with Crippen molar-refractivity contribution in [2.45, 2.75) is 12.8 Å². The summed E-state index contributed by atoms with van der Waals surface area (Å²) in [6.07, 6.45) is 1.77. The van der Waals surface area contributed by atoms with Gasteiger partial charge in [-0.05, 0) is 18.8 Å². The minimum Gasteiger partial charge on any atom is -0.384 e. The fourth-order valence-corrected chi connectivity index (χ4v) is 3.62. The molecule has 0 saturated carbocycles. The molecule has 0 atom stereocenters. The first-order valence-electron chi connectivity index (χ1n) is 5.13. The summed E-state index contributed by atoms with van der Waals surface area (Å²) >= 11 is 5.46. The fraction of sp³-hybridized carbons (Fsp3) is 1.00. The largest absolute Gasteiger partial charge is 0.384 e. The molecule has 6 heteroatoms. The predicted molar refractivity (Wildman–Crippen MR) is 60.7 cm³/mol. The summed E-state index contributed by atoms with van der Waals surface area (Å²) < 4.78 is 29.9. The highest BCUT2D eigenvalue weighted by Gasteiger charge is 2.27. The maximum Gasteiger partial charge on any atom is 0.215 e. The number of hydrogen-bond acceptors (Lipinski definition) is 3. The number of rotatable bonds is 5. The molecular weight excluding hydrogens is 238 g/mol. The van der Waals surface area contributed by atoms with Crippen molar-refractivity contribution in [3.05, 3.63) is 0 Å². The lowest BCUT2D eigenvalue weighted by atomic mass is 9.99. The summed E-state index contributed by atoms with van der Waals surface area (Å²) in [5.41, 5.74) is 0. The van der Waals surface area contributed by atoms with Crippen molar-refractivity contribution < 1.29 is 13.2 Å². The Labute approximate surface area is 96.6 Å². The Morgan fingerprint density at radius 1 is 1.40 bits per heavy atom. The van der Waals surface area contributed by atoms with Gasteiger partial charge in [0.15, 0.2) is 0 Å². The topological polar surface area (TPSA) is 46.6 Å². The summed E-state index contributed by atoms with van der Waals surface area (Å²) in [7, 11) is -1.43. The molecule has 0 unspecified atom stereocenters. The fourth-order valence-electron chi connectivity index (χ4n) is 1.82. The monoisotopic (exact) mass is 255 g/mol. The van der Waals surface area contributed by atoms with Gasteiger partial charge in [0.1, 0.15) is 0 Å². The summed E-state index contributed by atoms with van der Waals surface area (Å²) in [6.45, 7) is 1.93. The average Bonchev–Trinajstić information content (AvgIpc) is 2.19. The van der Waals surface area contributed by atoms with Crippen molar-refractivity contribution in [1.29, 1.82) is 0 Å². The molecule has 0 N–H and O–H groups in total. The molecule has 15 heavy (non-hydrogen) atoms. The lowest BCUT2D eigenvalue weighted by molar-refractivity contribution is 0.121. The smallest absolute Gasteiger partial charge is 0.215 e. The van der Waals surface area contributed by atoms with E-state index in [1.165, 1.54) is 0 Å². The van der Waals surface area contributed by atoms with Crippen LogP contribution in [-0.2, 0) is 14.8 Å². The van der Waals surface area contributed by atoms with Crippen LogP contribution in [0.1, 0.15) is 12.8 Å². The number of alkyl halides is 1. The van der Waals surface area contributed by atoms with E-state index in [2.05, 4.69) is 0 Å². The Balaban J connectivity index is 2.43. The summed E-state index contributed by atoms with van der Waals surface area (Å²) in [5.74, 6) is 0.710. The van der Waals surface area contributed by atoms with Crippen LogP contribution in [0.25, 0.3) is 0 Å². The van der Waals surface area contributed by atoms with E-state index in [1.54, 1.807) is 11.4 Å². The van der Waals surface area contributed by atoms with E-state index in [9.17, 15) is 8.42 Å². The van der Waals surface area contributed by atoms with Gasteiger partial charge in [-0.15, -0.1) is 11.6 Å². The van der Waals surface area contributed by atoms with E-state index in [-0.39, 0.29) is 11.6 Å². The highest BCUT2D eigenvalue weighted by molar-refractivity contribution is 7.89. The molecule has 4 nitrogen and oxygen atoms in total. The third-order valence-corrected chi connectivity index (χ3v) is 4.99. The van der Waals surface area contributed by atoms with Crippen molar-refractivity contribution in [3.8, 4) is 0 Å². The average molecular weight is 256 g/mol. The lowest BCUT2D eigenvalue weighted by Gasteiger charge is -2.30. The van der Waals surface area contributed by atoms with Gasteiger partial charge >= 0.3 is 0 Å². The maximum atomic E-state index is 11.7. The summed E-state index contributed by atoms with van der Waals surface area (Å²) in [6, 6.07) is 0. The Morgan fingerprint density at radius 2 is 2.00 bits per heavy atom. The number of piperidine rings is 1. The Morgan fingerprint density at radius 3 is 2.47 bits per heavy atom. The number of methoxy groups -OCH3 is 1. The van der Waals surface area contributed by atoms with E-state index in [0.29, 0.717) is 19.0 Å². The number of nitrogens with zero attached hydrogens (tertiary/aromatic N) is 1. The quantitative estimate of drug-likeness (QED) is 0.687. The van der Waals surface area contributed by atoms with Gasteiger partial charge in [0.05, 0.1) is 5.75 Å². The first-order valence-corrected chi connectivity index (χ1v) is 7.27. The van der Waals surface area contributed by atoms with Gasteiger partial charge in [-0.2, -0.15) is 0 Å². The molecule has 0 aromatic heterocycles. The van der Waals surface area contributed by atoms with E-state index in [0.717, 1.165) is 19.4 Å². The van der Waals surface area contributed by atoms with Crippen molar-refractivity contribution in [2.75, 3.05) is 38.4 Å². The zero-order valence-electron chi connectivity index (χ0n) is 8.99. The SMILES string of the molecule is COCC1CCN(S(=O)(=O)CCCl)CC1. The van der Waals surface area contributed by atoms with Gasteiger partial charge < -0.3 is 4.74 Å². The van der Waals surface area contributed by atoms with E-state index >= 15 is 0 Å². The molecule has 1 saturated heterocycles. The molecule has 0 bridgehead atoms. The third kappa shape index (κ3) is 3.90. The molecule has 0 aliphatic carbocycles. The predicted octanol–water partition coefficient (Wildman–Crippen LogP) is 0.913. The van der Waals surface area contributed by atoms with Crippen molar-refractivity contribution >= 4 is 21.6 Å². The second-order valence-corrected chi connectivity index (χ2v) is 6.27.